The monoisotopic (exact) mass is 1020 g/mol. The molecule has 2 bridgehead atoms. The zero-order valence-electron chi connectivity index (χ0n) is 40.3. The standard InChI is InChI=1S/C54H59Cl2FN6O9/c1-2-62-44(42(34-13-9-14-36(56)43(34)57)54(53(62)20-6-4-7-21-53)35-17-16-31(55)29-37(35)59-50(54)71)46(67)61-52-25-22-51(23-26-52,24-27-52)49(70)58-28-8-3-5-11-32(64)30-72-39-15-10-12-33-41(39)48(69)63(47(33)68)38-18-19-40(65)60-45(38)66/h9-10,12-17,29,38,42,44H,2-8,11,18-28,30H2,1H3,(H,58,70)(H,59,71)(H,61,67)(H,60,65,66)/t38?,42-,44+,51?,52?,54+/m0/s1. The van der Waals surface area contributed by atoms with Gasteiger partial charge in [0, 0.05) is 52.5 Å². The summed E-state index contributed by atoms with van der Waals surface area (Å²) in [4.78, 5) is 111. The van der Waals surface area contributed by atoms with Gasteiger partial charge in [-0.15, -0.1) is 0 Å². The Labute approximate surface area is 427 Å². The topological polar surface area (TPSA) is 200 Å². The lowest BCUT2D eigenvalue weighted by Crippen LogP contribution is -2.63. The van der Waals surface area contributed by atoms with Crippen molar-refractivity contribution in [1.82, 2.24) is 25.8 Å². The van der Waals surface area contributed by atoms with Crippen molar-refractivity contribution < 1.29 is 47.5 Å². The Bertz CT molecular complexity index is 2770. The number of nitrogens with zero attached hydrogens (tertiary/aromatic N) is 2. The average molecular weight is 1030 g/mol. The van der Waals surface area contributed by atoms with Crippen molar-refractivity contribution in [1.29, 1.82) is 0 Å². The minimum absolute atomic E-state index is 0.00272. The van der Waals surface area contributed by atoms with Crippen LogP contribution in [0.1, 0.15) is 154 Å². The third kappa shape index (κ3) is 8.01. The number of halogens is 3. The van der Waals surface area contributed by atoms with E-state index < -0.39 is 69.4 Å². The lowest BCUT2D eigenvalue weighted by molar-refractivity contribution is -0.141. The highest BCUT2D eigenvalue weighted by Gasteiger charge is 2.75. The van der Waals surface area contributed by atoms with Crippen molar-refractivity contribution in [2.24, 2.45) is 5.41 Å². The van der Waals surface area contributed by atoms with Crippen molar-refractivity contribution >= 4 is 76.0 Å². The number of Topliss-reactive ketones (excluding diaryl/α,β-unsaturated/α-hetero) is 1. The van der Waals surface area contributed by atoms with E-state index >= 15 is 14.0 Å². The van der Waals surface area contributed by atoms with Crippen LogP contribution in [0.3, 0.4) is 0 Å². The Kier molecular flexibility index (Phi) is 13.4. The Morgan fingerprint density at radius 2 is 1.58 bits per heavy atom. The van der Waals surface area contributed by atoms with Crippen LogP contribution >= 0.6 is 23.2 Å². The number of hydrogen-bond acceptors (Lipinski definition) is 10. The lowest BCUT2D eigenvalue weighted by atomic mass is 9.55. The maximum Gasteiger partial charge on any atom is 0.266 e. The van der Waals surface area contributed by atoms with Crippen LogP contribution in [0.5, 0.6) is 5.75 Å². The molecule has 11 rings (SSSR count). The number of carbonyl (C=O) groups is 8. The molecule has 18 heteroatoms. The first-order valence-electron chi connectivity index (χ1n) is 25.5. The van der Waals surface area contributed by atoms with Gasteiger partial charge >= 0.3 is 0 Å². The van der Waals surface area contributed by atoms with Crippen LogP contribution < -0.4 is 26.0 Å². The number of nitrogens with one attached hydrogen (secondary N) is 4. The van der Waals surface area contributed by atoms with Crippen molar-refractivity contribution in [2.75, 3.05) is 25.0 Å². The SMILES string of the molecule is CCN1[C@@H](C(=O)NC23CCC(C(=O)NCCCCCC(=O)COc4cccc5c4C(=O)N(C4CCC(=O)NC4=O)C5=O)(CC2)CC3)[C@H](c2cccc(Cl)c2F)[C@]2(C(=O)Nc3cc(Cl)ccc32)C12CCCCC2. The van der Waals surface area contributed by atoms with E-state index in [1.54, 1.807) is 24.3 Å². The first-order chi connectivity index (χ1) is 34.6. The Morgan fingerprint density at radius 1 is 0.847 bits per heavy atom. The Morgan fingerprint density at radius 3 is 2.31 bits per heavy atom. The summed E-state index contributed by atoms with van der Waals surface area (Å²) in [6, 6.07) is 12.7. The second kappa shape index (κ2) is 19.3. The molecule has 6 fully saturated rings. The number of imide groups is 2. The summed E-state index contributed by atoms with van der Waals surface area (Å²) in [6.45, 7) is 2.58. The Balaban J connectivity index is 0.747. The van der Waals surface area contributed by atoms with Crippen molar-refractivity contribution in [3.05, 3.63) is 92.7 Å². The minimum atomic E-state index is -1.33. The number of unbranched alkanes of at least 4 members (excludes halogenated alkanes) is 2. The predicted octanol–water partition coefficient (Wildman–Crippen LogP) is 7.45. The highest BCUT2D eigenvalue weighted by atomic mass is 35.5. The van der Waals surface area contributed by atoms with E-state index in [4.69, 9.17) is 27.9 Å². The number of hydrogen-bond donors (Lipinski definition) is 4. The number of piperidine rings is 1. The molecule has 7 amide bonds. The first kappa shape index (κ1) is 49.9. The molecule has 3 aromatic rings. The quantitative estimate of drug-likeness (QED) is 0.0876. The molecule has 4 aliphatic heterocycles. The molecule has 8 aliphatic rings. The third-order valence-corrected chi connectivity index (χ3v) is 17.9. The van der Waals surface area contributed by atoms with E-state index in [9.17, 15) is 28.8 Å². The minimum Gasteiger partial charge on any atom is -0.485 e. The predicted molar refractivity (Wildman–Crippen MR) is 264 cm³/mol. The van der Waals surface area contributed by atoms with Gasteiger partial charge in [-0.1, -0.05) is 80.1 Å². The molecule has 2 spiro atoms. The summed E-state index contributed by atoms with van der Waals surface area (Å²) in [5.74, 6) is -4.80. The summed E-state index contributed by atoms with van der Waals surface area (Å²) in [6.07, 6.45) is 9.63. The van der Waals surface area contributed by atoms with Crippen molar-refractivity contribution in [3.63, 3.8) is 0 Å². The number of anilines is 1. The van der Waals surface area contributed by atoms with Crippen molar-refractivity contribution in [3.8, 4) is 5.75 Å². The molecular formula is C54H59Cl2FN6O9. The van der Waals surface area contributed by atoms with Crippen LogP contribution in [-0.2, 0) is 34.2 Å². The molecule has 2 saturated heterocycles. The van der Waals surface area contributed by atoms with Gasteiger partial charge < -0.3 is 20.7 Å². The van der Waals surface area contributed by atoms with E-state index in [0.29, 0.717) is 94.4 Å². The molecule has 72 heavy (non-hydrogen) atoms. The zero-order chi connectivity index (χ0) is 50.7. The van der Waals surface area contributed by atoms with E-state index in [1.165, 1.54) is 24.3 Å². The maximum atomic E-state index is 16.7. The van der Waals surface area contributed by atoms with Gasteiger partial charge in [0.15, 0.2) is 5.78 Å². The first-order valence-corrected chi connectivity index (χ1v) is 26.3. The van der Waals surface area contributed by atoms with E-state index in [0.717, 1.165) is 29.7 Å². The maximum absolute atomic E-state index is 16.7. The largest absolute Gasteiger partial charge is 0.485 e. The summed E-state index contributed by atoms with van der Waals surface area (Å²) in [7, 11) is 0. The Hall–Kier alpha value is -5.71. The number of ether oxygens (including phenoxy) is 1. The fourth-order valence-electron chi connectivity index (χ4n) is 13.9. The number of rotatable bonds is 15. The summed E-state index contributed by atoms with van der Waals surface area (Å²) in [5, 5.41) is 12.3. The second-order valence-corrected chi connectivity index (χ2v) is 21.8. The fourth-order valence-corrected chi connectivity index (χ4v) is 14.3. The van der Waals surface area contributed by atoms with Gasteiger partial charge in [0.1, 0.15) is 29.6 Å². The summed E-state index contributed by atoms with van der Waals surface area (Å²) < 4.78 is 22.4. The molecule has 4 atom stereocenters. The lowest BCUT2D eigenvalue weighted by Gasteiger charge is -2.53. The van der Waals surface area contributed by atoms with E-state index in [-0.39, 0.29) is 76.8 Å². The van der Waals surface area contributed by atoms with Crippen LogP contribution in [0.4, 0.5) is 10.1 Å². The molecule has 0 aromatic heterocycles. The average Bonchev–Trinajstić information content (AvgIpc) is 3.91. The normalized spacial score (nSPS) is 28.2. The molecule has 4 aliphatic carbocycles. The van der Waals surface area contributed by atoms with Gasteiger partial charge in [-0.05, 0) is 119 Å². The van der Waals surface area contributed by atoms with Gasteiger partial charge in [-0.25, -0.2) is 4.39 Å². The summed E-state index contributed by atoms with van der Waals surface area (Å²) in [5.41, 5.74) is -1.71. The van der Waals surface area contributed by atoms with Crippen LogP contribution in [0.15, 0.2) is 54.6 Å². The van der Waals surface area contributed by atoms with E-state index in [1.807, 2.05) is 13.0 Å². The molecule has 3 aromatic carbocycles. The molecule has 0 radical (unpaired) electrons. The number of likely N-dealkylation sites (tertiary alicyclic amines) is 1. The molecule has 380 valence electrons. The number of amides is 7. The zero-order valence-corrected chi connectivity index (χ0v) is 41.8. The molecule has 4 N–H and O–H groups in total. The fraction of sp³-hybridized carbons (Fsp3) is 0.519. The molecule has 4 heterocycles. The molecule has 15 nitrogen and oxygen atoms in total. The molecular weight excluding hydrogens is 967 g/mol. The number of likely N-dealkylation sites (N-methyl/N-ethyl adjacent to an activating group) is 1. The number of fused-ring (bicyclic) bond motifs is 7. The van der Waals surface area contributed by atoms with Crippen LogP contribution in [-0.4, -0.2) is 99.8 Å². The third-order valence-electron chi connectivity index (χ3n) is 17.4. The summed E-state index contributed by atoms with van der Waals surface area (Å²) >= 11 is 13.0. The van der Waals surface area contributed by atoms with Crippen LogP contribution in [0.2, 0.25) is 10.0 Å². The van der Waals surface area contributed by atoms with Gasteiger partial charge in [-0.3, -0.25) is 53.5 Å². The number of ketones is 1. The van der Waals surface area contributed by atoms with Gasteiger partial charge in [0.25, 0.3) is 11.8 Å². The smallest absolute Gasteiger partial charge is 0.266 e. The highest BCUT2D eigenvalue weighted by Crippen LogP contribution is 2.67. The van der Waals surface area contributed by atoms with Crippen LogP contribution in [0.25, 0.3) is 0 Å². The molecule has 1 unspecified atom stereocenters. The van der Waals surface area contributed by atoms with Crippen LogP contribution in [0, 0.1) is 11.2 Å². The van der Waals surface area contributed by atoms with Crippen molar-refractivity contribution in [2.45, 2.75) is 151 Å². The second-order valence-electron chi connectivity index (χ2n) is 21.0. The molecule has 4 saturated carbocycles. The number of benzene rings is 3. The number of carbonyl (C=O) groups excluding carboxylic acids is 8. The van der Waals surface area contributed by atoms with E-state index in [2.05, 4.69) is 26.2 Å². The van der Waals surface area contributed by atoms with Gasteiger partial charge in [0.2, 0.25) is 29.5 Å². The van der Waals surface area contributed by atoms with Gasteiger partial charge in [0.05, 0.1) is 22.2 Å². The highest BCUT2D eigenvalue weighted by molar-refractivity contribution is 6.31. The van der Waals surface area contributed by atoms with Gasteiger partial charge in [-0.2, -0.15) is 0 Å².